The number of hydrogen-bond donors (Lipinski definition) is 1. The molecule has 0 aliphatic carbocycles. The van der Waals surface area contributed by atoms with Crippen LogP contribution in [0.15, 0.2) is 29.8 Å². The van der Waals surface area contributed by atoms with Gasteiger partial charge in [0.05, 0.1) is 6.54 Å². The maximum Gasteiger partial charge on any atom is 0.128 e. The van der Waals surface area contributed by atoms with Crippen molar-refractivity contribution in [3.05, 3.63) is 41.4 Å². The third-order valence-corrected chi connectivity index (χ3v) is 1.48. The minimum Gasteiger partial charge on any atom is -0.380 e. The Balaban J connectivity index is 2.71. The quantitative estimate of drug-likeness (QED) is 0.796. The molecule has 0 aromatic heterocycles. The smallest absolute Gasteiger partial charge is 0.128 e. The third kappa shape index (κ3) is 3.42. The molecule has 0 heterocycles. The number of benzene rings is 1. The first-order chi connectivity index (χ1) is 6.08. The molecule has 0 spiro atoms. The van der Waals surface area contributed by atoms with E-state index in [1.165, 1.54) is 12.1 Å². The molecule has 0 aliphatic rings. The lowest BCUT2D eigenvalue weighted by molar-refractivity contribution is 0.584. The van der Waals surface area contributed by atoms with E-state index >= 15 is 0 Å². The van der Waals surface area contributed by atoms with E-state index in [0.29, 0.717) is 10.7 Å². The molecule has 0 saturated heterocycles. The highest BCUT2D eigenvalue weighted by Crippen LogP contribution is 2.13. The first kappa shape index (κ1) is 9.99. The van der Waals surface area contributed by atoms with E-state index in [1.807, 2.05) is 0 Å². The topological polar surface area (TPSA) is 12.0 Å². The van der Waals surface area contributed by atoms with E-state index in [-0.39, 0.29) is 6.54 Å². The van der Waals surface area contributed by atoms with E-state index in [9.17, 15) is 8.78 Å². The van der Waals surface area contributed by atoms with Crippen LogP contribution in [-0.2, 0) is 0 Å². The van der Waals surface area contributed by atoms with Crippen LogP contribution in [0.1, 0.15) is 0 Å². The molecular weight excluding hydrogens is 196 g/mol. The molecule has 4 heteroatoms. The second-order valence-electron chi connectivity index (χ2n) is 2.53. The summed E-state index contributed by atoms with van der Waals surface area (Å²) >= 11 is 5.46. The lowest BCUT2D eigenvalue weighted by Crippen LogP contribution is -2.01. The standard InChI is InChI=1S/C9H8ClF2N/c1-6(10)5-13-9-3-7(11)2-8(12)4-9/h2-4,13H,1,5H2. The van der Waals surface area contributed by atoms with Gasteiger partial charge in [0.1, 0.15) is 11.6 Å². The molecule has 0 atom stereocenters. The average molecular weight is 204 g/mol. The Morgan fingerprint density at radius 3 is 2.31 bits per heavy atom. The molecule has 0 aliphatic heterocycles. The normalized spacial score (nSPS) is 9.77. The van der Waals surface area contributed by atoms with Crippen molar-refractivity contribution in [2.45, 2.75) is 0 Å². The van der Waals surface area contributed by atoms with E-state index in [0.717, 1.165) is 6.07 Å². The predicted molar refractivity (Wildman–Crippen MR) is 49.8 cm³/mol. The van der Waals surface area contributed by atoms with Crippen LogP contribution in [0.5, 0.6) is 0 Å². The summed E-state index contributed by atoms with van der Waals surface area (Å²) < 4.78 is 25.2. The summed E-state index contributed by atoms with van der Waals surface area (Å²) in [6.07, 6.45) is 0. The first-order valence-corrected chi connectivity index (χ1v) is 3.99. The molecule has 1 nitrogen and oxygen atoms in total. The fourth-order valence-electron chi connectivity index (χ4n) is 0.854. The van der Waals surface area contributed by atoms with Crippen LogP contribution >= 0.6 is 11.6 Å². The van der Waals surface area contributed by atoms with Crippen molar-refractivity contribution >= 4 is 17.3 Å². The van der Waals surface area contributed by atoms with Crippen molar-refractivity contribution in [1.82, 2.24) is 0 Å². The number of rotatable bonds is 3. The van der Waals surface area contributed by atoms with Crippen molar-refractivity contribution in [1.29, 1.82) is 0 Å². The van der Waals surface area contributed by atoms with Gasteiger partial charge in [0.2, 0.25) is 0 Å². The third-order valence-electron chi connectivity index (χ3n) is 1.35. The number of anilines is 1. The summed E-state index contributed by atoms with van der Waals surface area (Å²) in [5.74, 6) is -1.25. The van der Waals surface area contributed by atoms with Gasteiger partial charge in [-0.25, -0.2) is 8.78 Å². The fraction of sp³-hybridized carbons (Fsp3) is 0.111. The molecule has 0 unspecified atom stereocenters. The maximum absolute atomic E-state index is 12.6. The largest absolute Gasteiger partial charge is 0.380 e. The van der Waals surface area contributed by atoms with Crippen LogP contribution in [0, 0.1) is 11.6 Å². The van der Waals surface area contributed by atoms with Gasteiger partial charge in [-0.05, 0) is 12.1 Å². The van der Waals surface area contributed by atoms with Crippen molar-refractivity contribution in [3.63, 3.8) is 0 Å². The number of nitrogens with one attached hydrogen (secondary N) is 1. The molecule has 13 heavy (non-hydrogen) atoms. The highest BCUT2D eigenvalue weighted by molar-refractivity contribution is 6.29. The van der Waals surface area contributed by atoms with Gasteiger partial charge < -0.3 is 5.32 Å². The highest BCUT2D eigenvalue weighted by Gasteiger charge is 1.99. The Labute approximate surface area is 80.0 Å². The van der Waals surface area contributed by atoms with Crippen LogP contribution in [0.2, 0.25) is 0 Å². The first-order valence-electron chi connectivity index (χ1n) is 3.61. The molecule has 0 amide bonds. The highest BCUT2D eigenvalue weighted by atomic mass is 35.5. The van der Waals surface area contributed by atoms with Gasteiger partial charge in [-0.15, -0.1) is 0 Å². The van der Waals surface area contributed by atoms with E-state index in [2.05, 4.69) is 11.9 Å². The van der Waals surface area contributed by atoms with Crippen molar-refractivity contribution in [2.75, 3.05) is 11.9 Å². The predicted octanol–water partition coefficient (Wildman–Crippen LogP) is 3.13. The van der Waals surface area contributed by atoms with Gasteiger partial charge in [-0.1, -0.05) is 18.2 Å². The summed E-state index contributed by atoms with van der Waals surface area (Å²) in [4.78, 5) is 0. The summed E-state index contributed by atoms with van der Waals surface area (Å²) in [5.41, 5.74) is 0.347. The molecule has 0 saturated carbocycles. The van der Waals surface area contributed by atoms with Crippen molar-refractivity contribution in [2.24, 2.45) is 0 Å². The van der Waals surface area contributed by atoms with E-state index < -0.39 is 11.6 Å². The Morgan fingerprint density at radius 2 is 1.85 bits per heavy atom. The van der Waals surface area contributed by atoms with Crippen molar-refractivity contribution in [3.8, 4) is 0 Å². The molecule has 1 N–H and O–H groups in total. The van der Waals surface area contributed by atoms with E-state index in [4.69, 9.17) is 11.6 Å². The van der Waals surface area contributed by atoms with Gasteiger partial charge in [-0.2, -0.15) is 0 Å². The number of halogens is 3. The zero-order valence-electron chi connectivity index (χ0n) is 6.78. The Bertz CT molecular complexity index is 305. The zero-order chi connectivity index (χ0) is 9.84. The van der Waals surface area contributed by atoms with Crippen LogP contribution in [0.4, 0.5) is 14.5 Å². The van der Waals surface area contributed by atoms with Crippen LogP contribution in [-0.4, -0.2) is 6.54 Å². The van der Waals surface area contributed by atoms with Crippen LogP contribution in [0.3, 0.4) is 0 Å². The summed E-state index contributed by atoms with van der Waals surface area (Å²) in [6.45, 7) is 3.71. The Hall–Kier alpha value is -1.09. The molecule has 1 aromatic rings. The SMILES string of the molecule is C=C(Cl)CNc1cc(F)cc(F)c1. The summed E-state index contributed by atoms with van der Waals surface area (Å²) in [7, 11) is 0. The lowest BCUT2D eigenvalue weighted by atomic mass is 10.3. The van der Waals surface area contributed by atoms with Gasteiger partial charge in [0.25, 0.3) is 0 Å². The van der Waals surface area contributed by atoms with Crippen LogP contribution in [0.25, 0.3) is 0 Å². The lowest BCUT2D eigenvalue weighted by Gasteiger charge is -2.04. The average Bonchev–Trinajstić information content (AvgIpc) is 1.99. The minimum absolute atomic E-state index is 0.282. The summed E-state index contributed by atoms with van der Waals surface area (Å²) in [6, 6.07) is 3.17. The Morgan fingerprint density at radius 1 is 1.31 bits per heavy atom. The monoisotopic (exact) mass is 203 g/mol. The molecule has 0 radical (unpaired) electrons. The van der Waals surface area contributed by atoms with Crippen LogP contribution < -0.4 is 5.32 Å². The van der Waals surface area contributed by atoms with E-state index in [1.54, 1.807) is 0 Å². The molecule has 1 rings (SSSR count). The number of hydrogen-bond acceptors (Lipinski definition) is 1. The maximum atomic E-state index is 12.6. The molecule has 0 bridgehead atoms. The molecule has 0 fully saturated rings. The molecule has 1 aromatic carbocycles. The fourth-order valence-corrected chi connectivity index (χ4v) is 0.921. The second-order valence-corrected chi connectivity index (χ2v) is 3.06. The minimum atomic E-state index is -0.623. The van der Waals surface area contributed by atoms with Gasteiger partial charge >= 0.3 is 0 Å². The van der Waals surface area contributed by atoms with Gasteiger partial charge in [0.15, 0.2) is 0 Å². The second kappa shape index (κ2) is 4.23. The zero-order valence-corrected chi connectivity index (χ0v) is 7.54. The van der Waals surface area contributed by atoms with Gasteiger partial charge in [0, 0.05) is 16.8 Å². The molecule has 70 valence electrons. The van der Waals surface area contributed by atoms with Gasteiger partial charge in [-0.3, -0.25) is 0 Å². The molecular formula is C9H8ClF2N. The van der Waals surface area contributed by atoms with Crippen molar-refractivity contribution < 1.29 is 8.78 Å². The summed E-state index contributed by atoms with van der Waals surface area (Å²) in [5, 5.41) is 3.09. The Kier molecular flexibility index (Phi) is 3.25.